The minimum Gasteiger partial charge on any atom is -0.355 e. The van der Waals surface area contributed by atoms with Crippen LogP contribution in [-0.4, -0.2) is 19.0 Å². The van der Waals surface area contributed by atoms with Gasteiger partial charge in [-0.15, -0.1) is 0 Å². The second kappa shape index (κ2) is 8.10. The molecule has 0 aliphatic rings. The van der Waals surface area contributed by atoms with Gasteiger partial charge >= 0.3 is 0 Å². The Labute approximate surface area is 111 Å². The second-order valence-electron chi connectivity index (χ2n) is 5.89. The number of carbonyl (C=O) groups excluding carboxylic acids is 1. The lowest BCUT2D eigenvalue weighted by Gasteiger charge is -2.20. The van der Waals surface area contributed by atoms with Crippen molar-refractivity contribution >= 4 is 5.91 Å². The molecule has 104 valence electrons. The third-order valence-corrected chi connectivity index (χ3v) is 3.25. The highest BCUT2D eigenvalue weighted by molar-refractivity contribution is 5.75. The van der Waals surface area contributed by atoms with Crippen molar-refractivity contribution in [3.8, 4) is 6.07 Å². The van der Waals surface area contributed by atoms with Gasteiger partial charge in [0.25, 0.3) is 0 Å². The van der Waals surface area contributed by atoms with Gasteiger partial charge in [-0.1, -0.05) is 13.8 Å². The van der Waals surface area contributed by atoms with E-state index in [9.17, 15) is 4.79 Å². The molecule has 4 nitrogen and oxygen atoms in total. The van der Waals surface area contributed by atoms with Gasteiger partial charge in [0.05, 0.1) is 11.5 Å². The van der Waals surface area contributed by atoms with Crippen molar-refractivity contribution in [1.29, 1.82) is 5.26 Å². The Morgan fingerprint density at radius 2 is 2.00 bits per heavy atom. The van der Waals surface area contributed by atoms with E-state index in [4.69, 9.17) is 11.0 Å². The third kappa shape index (κ3) is 7.29. The summed E-state index contributed by atoms with van der Waals surface area (Å²) in [5, 5.41) is 11.7. The summed E-state index contributed by atoms with van der Waals surface area (Å²) in [6, 6.07) is 2.17. The van der Waals surface area contributed by atoms with E-state index in [1.807, 2.05) is 13.8 Å². The van der Waals surface area contributed by atoms with Gasteiger partial charge in [-0.25, -0.2) is 0 Å². The lowest BCUT2D eigenvalue weighted by atomic mass is 9.88. The molecular formula is C14H27N3O. The van der Waals surface area contributed by atoms with Crippen LogP contribution in [0.15, 0.2) is 0 Å². The topological polar surface area (TPSA) is 78.9 Å². The molecule has 0 aromatic rings. The summed E-state index contributed by atoms with van der Waals surface area (Å²) in [5.74, 6) is 1.09. The quantitative estimate of drug-likeness (QED) is 0.695. The average molecular weight is 253 g/mol. The Morgan fingerprint density at radius 3 is 2.44 bits per heavy atom. The molecule has 0 radical (unpaired) electrons. The fourth-order valence-electron chi connectivity index (χ4n) is 1.79. The molecular weight excluding hydrogens is 226 g/mol. The van der Waals surface area contributed by atoms with E-state index in [0.29, 0.717) is 31.3 Å². The SMILES string of the molecule is CC(C)C(CCN)CCC(=O)NCC(C)(C)C#N. The van der Waals surface area contributed by atoms with Crippen LogP contribution in [0.3, 0.4) is 0 Å². The Morgan fingerprint density at radius 1 is 1.39 bits per heavy atom. The molecule has 0 heterocycles. The third-order valence-electron chi connectivity index (χ3n) is 3.25. The summed E-state index contributed by atoms with van der Waals surface area (Å²) in [6.45, 7) is 9.04. The predicted molar refractivity (Wildman–Crippen MR) is 73.6 cm³/mol. The fourth-order valence-corrected chi connectivity index (χ4v) is 1.79. The Hall–Kier alpha value is -1.08. The van der Waals surface area contributed by atoms with Gasteiger partial charge in [0.15, 0.2) is 0 Å². The van der Waals surface area contributed by atoms with Crippen molar-refractivity contribution in [2.75, 3.05) is 13.1 Å². The molecule has 1 amide bonds. The number of nitrogens with one attached hydrogen (secondary N) is 1. The molecule has 0 saturated heterocycles. The van der Waals surface area contributed by atoms with Crippen molar-refractivity contribution in [2.45, 2.75) is 47.0 Å². The highest BCUT2D eigenvalue weighted by Gasteiger charge is 2.18. The lowest BCUT2D eigenvalue weighted by Crippen LogP contribution is -2.33. The highest BCUT2D eigenvalue weighted by Crippen LogP contribution is 2.20. The van der Waals surface area contributed by atoms with Crippen molar-refractivity contribution < 1.29 is 4.79 Å². The number of nitrogens with two attached hydrogens (primary N) is 1. The van der Waals surface area contributed by atoms with Gasteiger partial charge < -0.3 is 11.1 Å². The first kappa shape index (κ1) is 16.9. The van der Waals surface area contributed by atoms with Crippen LogP contribution in [0.1, 0.15) is 47.0 Å². The van der Waals surface area contributed by atoms with Crippen molar-refractivity contribution in [1.82, 2.24) is 5.32 Å². The normalized spacial score (nSPS) is 13.2. The summed E-state index contributed by atoms with van der Waals surface area (Å²) in [4.78, 5) is 11.7. The van der Waals surface area contributed by atoms with Crippen LogP contribution in [-0.2, 0) is 4.79 Å². The number of nitrogens with zero attached hydrogens (tertiary/aromatic N) is 1. The number of rotatable bonds is 8. The molecule has 1 atom stereocenters. The van der Waals surface area contributed by atoms with Crippen LogP contribution in [0.25, 0.3) is 0 Å². The predicted octanol–water partition coefficient (Wildman–Crippen LogP) is 2.05. The van der Waals surface area contributed by atoms with E-state index in [1.54, 1.807) is 0 Å². The first-order valence-corrected chi connectivity index (χ1v) is 6.70. The number of carbonyl (C=O) groups is 1. The minimum atomic E-state index is -0.496. The van der Waals surface area contributed by atoms with Gasteiger partial charge in [-0.2, -0.15) is 5.26 Å². The van der Waals surface area contributed by atoms with Crippen LogP contribution in [0.5, 0.6) is 0 Å². The molecule has 0 fully saturated rings. The molecule has 1 unspecified atom stereocenters. The maximum Gasteiger partial charge on any atom is 0.220 e. The van der Waals surface area contributed by atoms with E-state index < -0.39 is 5.41 Å². The van der Waals surface area contributed by atoms with Crippen LogP contribution >= 0.6 is 0 Å². The second-order valence-corrected chi connectivity index (χ2v) is 5.89. The standard InChI is InChI=1S/C14H27N3O/c1-11(2)12(7-8-15)5-6-13(18)17-10-14(3,4)9-16/h11-12H,5-8,10,15H2,1-4H3,(H,17,18). The number of amides is 1. The summed E-state index contributed by atoms with van der Waals surface area (Å²) >= 11 is 0. The molecule has 3 N–H and O–H groups in total. The smallest absolute Gasteiger partial charge is 0.220 e. The maximum atomic E-state index is 11.7. The van der Waals surface area contributed by atoms with Gasteiger partial charge in [-0.05, 0) is 45.1 Å². The zero-order valence-corrected chi connectivity index (χ0v) is 12.1. The molecule has 0 saturated carbocycles. The molecule has 0 aromatic heterocycles. The maximum absolute atomic E-state index is 11.7. The zero-order chi connectivity index (χ0) is 14.2. The molecule has 0 spiro atoms. The van der Waals surface area contributed by atoms with Gasteiger partial charge in [0, 0.05) is 13.0 Å². The average Bonchev–Trinajstić information content (AvgIpc) is 2.31. The van der Waals surface area contributed by atoms with Crippen LogP contribution in [0, 0.1) is 28.6 Å². The van der Waals surface area contributed by atoms with E-state index >= 15 is 0 Å². The summed E-state index contributed by atoms with van der Waals surface area (Å²) in [5.41, 5.74) is 5.08. The van der Waals surface area contributed by atoms with Gasteiger partial charge in [0.1, 0.15) is 0 Å². The van der Waals surface area contributed by atoms with E-state index in [-0.39, 0.29) is 5.91 Å². The van der Waals surface area contributed by atoms with Gasteiger partial charge in [0.2, 0.25) is 5.91 Å². The molecule has 4 heteroatoms. The van der Waals surface area contributed by atoms with E-state index in [0.717, 1.165) is 12.8 Å². The summed E-state index contributed by atoms with van der Waals surface area (Å²) in [6.07, 6.45) is 2.35. The van der Waals surface area contributed by atoms with Crippen LogP contribution in [0.4, 0.5) is 0 Å². The number of nitriles is 1. The van der Waals surface area contributed by atoms with Crippen LogP contribution < -0.4 is 11.1 Å². The van der Waals surface area contributed by atoms with Crippen molar-refractivity contribution in [3.05, 3.63) is 0 Å². The van der Waals surface area contributed by atoms with Crippen molar-refractivity contribution in [2.24, 2.45) is 23.0 Å². The fraction of sp³-hybridized carbons (Fsp3) is 0.857. The highest BCUT2D eigenvalue weighted by atomic mass is 16.1. The van der Waals surface area contributed by atoms with Gasteiger partial charge in [-0.3, -0.25) is 4.79 Å². The Bertz CT molecular complexity index is 292. The molecule has 0 aliphatic carbocycles. The summed E-state index contributed by atoms with van der Waals surface area (Å²) < 4.78 is 0. The zero-order valence-electron chi connectivity index (χ0n) is 12.1. The van der Waals surface area contributed by atoms with E-state index in [2.05, 4.69) is 25.2 Å². The number of hydrogen-bond acceptors (Lipinski definition) is 3. The lowest BCUT2D eigenvalue weighted by molar-refractivity contribution is -0.121. The minimum absolute atomic E-state index is 0.0287. The summed E-state index contributed by atoms with van der Waals surface area (Å²) in [7, 11) is 0. The molecule has 18 heavy (non-hydrogen) atoms. The monoisotopic (exact) mass is 253 g/mol. The first-order chi connectivity index (χ1) is 8.32. The molecule has 0 aromatic carbocycles. The molecule has 0 rings (SSSR count). The number of hydrogen-bond donors (Lipinski definition) is 2. The largest absolute Gasteiger partial charge is 0.355 e. The Kier molecular flexibility index (Phi) is 7.61. The molecule has 0 bridgehead atoms. The molecule has 0 aliphatic heterocycles. The van der Waals surface area contributed by atoms with E-state index in [1.165, 1.54) is 0 Å². The van der Waals surface area contributed by atoms with Crippen LogP contribution in [0.2, 0.25) is 0 Å². The first-order valence-electron chi connectivity index (χ1n) is 6.70. The van der Waals surface area contributed by atoms with Crippen molar-refractivity contribution in [3.63, 3.8) is 0 Å². The Balaban J connectivity index is 3.99.